The number of halogens is 1. The maximum Gasteiger partial charge on any atom is 0.167 e. The highest BCUT2D eigenvalue weighted by Gasteiger charge is 2.45. The summed E-state index contributed by atoms with van der Waals surface area (Å²) in [5, 5.41) is 34.6. The number of hydrogen-bond acceptors (Lipinski definition) is 9. The van der Waals surface area contributed by atoms with Crippen LogP contribution in [0, 0.1) is 0 Å². The second-order valence-electron chi connectivity index (χ2n) is 8.74. The zero-order valence-corrected chi connectivity index (χ0v) is 20.0. The third kappa shape index (κ3) is 5.32. The number of aliphatic hydroxyl groups excluding tert-OH is 3. The summed E-state index contributed by atoms with van der Waals surface area (Å²) >= 11 is 6.07. The van der Waals surface area contributed by atoms with Crippen LogP contribution in [0.3, 0.4) is 0 Å². The summed E-state index contributed by atoms with van der Waals surface area (Å²) in [4.78, 5) is 15.2. The largest absolute Gasteiger partial charge is 0.396 e. The van der Waals surface area contributed by atoms with Gasteiger partial charge in [-0.15, -0.1) is 0 Å². The molecular formula is C23H31ClN6O4. The summed E-state index contributed by atoms with van der Waals surface area (Å²) in [5.41, 5.74) is 2.02. The molecule has 4 rings (SSSR count). The van der Waals surface area contributed by atoms with E-state index in [-0.39, 0.29) is 12.6 Å². The molecule has 11 heteroatoms. The average molecular weight is 491 g/mol. The van der Waals surface area contributed by atoms with Gasteiger partial charge in [-0.05, 0) is 38.0 Å². The highest BCUT2D eigenvalue weighted by atomic mass is 35.5. The highest BCUT2D eigenvalue weighted by Crippen LogP contribution is 2.33. The van der Waals surface area contributed by atoms with Crippen molar-refractivity contribution in [1.29, 1.82) is 0 Å². The summed E-state index contributed by atoms with van der Waals surface area (Å²) in [6.45, 7) is 5.79. The topological polar surface area (TPSA) is 129 Å². The number of ether oxygens (including phenoxy) is 1. The van der Waals surface area contributed by atoms with Crippen molar-refractivity contribution in [1.82, 2.24) is 24.4 Å². The predicted octanol–water partition coefficient (Wildman–Crippen LogP) is 1.80. The van der Waals surface area contributed by atoms with Gasteiger partial charge < -0.3 is 25.4 Å². The first-order valence-electron chi connectivity index (χ1n) is 11.4. The number of rotatable bonds is 10. The molecule has 0 aliphatic carbocycles. The van der Waals surface area contributed by atoms with Crippen LogP contribution < -0.4 is 5.32 Å². The number of hydrogen-bond donors (Lipinski definition) is 4. The lowest BCUT2D eigenvalue weighted by molar-refractivity contribution is -0.0471. The average Bonchev–Trinajstić information content (AvgIpc) is 3.36. The molecule has 0 saturated carbocycles. The van der Waals surface area contributed by atoms with Crippen LogP contribution in [0.2, 0.25) is 5.02 Å². The summed E-state index contributed by atoms with van der Waals surface area (Å²) < 4.78 is 7.73. The second kappa shape index (κ2) is 10.9. The number of anilines is 1. The minimum absolute atomic E-state index is 0.0942. The molecule has 0 unspecified atom stereocenters. The van der Waals surface area contributed by atoms with Crippen LogP contribution in [0.1, 0.15) is 32.1 Å². The number of nitrogens with one attached hydrogen (secondary N) is 1. The molecular weight excluding hydrogens is 460 g/mol. The maximum atomic E-state index is 10.8. The van der Waals surface area contributed by atoms with Crippen molar-refractivity contribution in [2.45, 2.75) is 57.4 Å². The molecule has 0 spiro atoms. The van der Waals surface area contributed by atoms with E-state index in [4.69, 9.17) is 16.3 Å². The molecule has 1 saturated heterocycles. The number of aliphatic hydroxyl groups is 3. The lowest BCUT2D eigenvalue weighted by Crippen LogP contribution is -2.43. The Hall–Kier alpha value is -2.34. The van der Waals surface area contributed by atoms with Crippen LogP contribution in [0.5, 0.6) is 0 Å². The number of aromatic nitrogens is 4. The molecule has 4 atom stereocenters. The lowest BCUT2D eigenvalue weighted by atomic mass is 10.1. The van der Waals surface area contributed by atoms with Crippen LogP contribution in [-0.2, 0) is 11.3 Å². The van der Waals surface area contributed by atoms with Gasteiger partial charge in [0.2, 0.25) is 0 Å². The zero-order valence-electron chi connectivity index (χ0n) is 19.3. The Morgan fingerprint density at radius 3 is 2.76 bits per heavy atom. The SMILES string of the molecule is CC(C)N(CCCO)C[C@H]1O[C@@H](n2cnc3c(NCc4cccc(Cl)c4)ncnc32)[C@H](O)[C@@H]1O. The zero-order chi connectivity index (χ0) is 24.2. The van der Waals surface area contributed by atoms with E-state index in [1.54, 1.807) is 10.9 Å². The standard InChI is InChI=1S/C23H31ClN6O4/c1-14(2)29(7-4-8-31)11-17-19(32)20(33)23(34-17)30-13-28-18-21(26-12-27-22(18)30)25-10-15-5-3-6-16(24)9-15/h3,5-6,9,12-14,17,19-20,23,31-33H,4,7-8,10-11H2,1-2H3,(H,25,26,27)/t17-,19-,20-,23-/m1/s1. The third-order valence-electron chi connectivity index (χ3n) is 6.07. The Balaban J connectivity index is 1.51. The maximum absolute atomic E-state index is 10.8. The van der Waals surface area contributed by atoms with Gasteiger partial charge >= 0.3 is 0 Å². The Kier molecular flexibility index (Phi) is 7.97. The fourth-order valence-electron chi connectivity index (χ4n) is 4.18. The van der Waals surface area contributed by atoms with Crippen LogP contribution in [-0.4, -0.2) is 83.8 Å². The van der Waals surface area contributed by atoms with E-state index in [0.717, 1.165) is 5.56 Å². The quantitative estimate of drug-likeness (QED) is 0.336. The van der Waals surface area contributed by atoms with E-state index in [1.165, 1.54) is 6.33 Å². The smallest absolute Gasteiger partial charge is 0.167 e. The molecule has 4 N–H and O–H groups in total. The molecule has 1 aromatic carbocycles. The molecule has 2 aromatic heterocycles. The monoisotopic (exact) mass is 490 g/mol. The lowest BCUT2D eigenvalue weighted by Gasteiger charge is -2.29. The Morgan fingerprint density at radius 1 is 1.21 bits per heavy atom. The van der Waals surface area contributed by atoms with Gasteiger partial charge in [0.15, 0.2) is 23.2 Å². The molecule has 0 radical (unpaired) electrons. The van der Waals surface area contributed by atoms with Crippen molar-refractivity contribution in [2.24, 2.45) is 0 Å². The van der Waals surface area contributed by atoms with Crippen LogP contribution in [0.25, 0.3) is 11.2 Å². The fourth-order valence-corrected chi connectivity index (χ4v) is 4.39. The van der Waals surface area contributed by atoms with E-state index >= 15 is 0 Å². The van der Waals surface area contributed by atoms with Crippen molar-refractivity contribution in [3.8, 4) is 0 Å². The van der Waals surface area contributed by atoms with Crippen molar-refractivity contribution in [2.75, 3.05) is 25.0 Å². The summed E-state index contributed by atoms with van der Waals surface area (Å²) in [6.07, 6.45) is -0.0637. The molecule has 10 nitrogen and oxygen atoms in total. The second-order valence-corrected chi connectivity index (χ2v) is 9.18. The van der Waals surface area contributed by atoms with E-state index < -0.39 is 24.5 Å². The van der Waals surface area contributed by atoms with Crippen molar-refractivity contribution < 1.29 is 20.1 Å². The highest BCUT2D eigenvalue weighted by molar-refractivity contribution is 6.30. The molecule has 184 valence electrons. The van der Waals surface area contributed by atoms with Gasteiger partial charge in [-0.2, -0.15) is 0 Å². The summed E-state index contributed by atoms with van der Waals surface area (Å²) in [5.74, 6) is 0.545. The van der Waals surface area contributed by atoms with Crippen LogP contribution in [0.4, 0.5) is 5.82 Å². The first-order chi connectivity index (χ1) is 16.4. The first-order valence-corrected chi connectivity index (χ1v) is 11.8. The predicted molar refractivity (Wildman–Crippen MR) is 128 cm³/mol. The van der Waals surface area contributed by atoms with Gasteiger partial charge in [0.25, 0.3) is 0 Å². The van der Waals surface area contributed by atoms with Crippen molar-refractivity contribution in [3.05, 3.63) is 47.5 Å². The third-order valence-corrected chi connectivity index (χ3v) is 6.30. The number of fused-ring (bicyclic) bond motifs is 1. The Bertz CT molecular complexity index is 1100. The molecule has 3 aromatic rings. The first kappa shape index (κ1) is 24.8. The van der Waals surface area contributed by atoms with Gasteiger partial charge in [0.05, 0.1) is 6.33 Å². The molecule has 1 aliphatic heterocycles. The van der Waals surface area contributed by atoms with E-state index in [2.05, 4.69) is 25.2 Å². The Labute approximate surface area is 203 Å². The molecule has 3 heterocycles. The van der Waals surface area contributed by atoms with Gasteiger partial charge in [-0.3, -0.25) is 9.47 Å². The minimum atomic E-state index is -1.15. The van der Waals surface area contributed by atoms with Crippen LogP contribution in [0.15, 0.2) is 36.9 Å². The minimum Gasteiger partial charge on any atom is -0.396 e. The molecule has 0 amide bonds. The van der Waals surface area contributed by atoms with E-state index in [9.17, 15) is 15.3 Å². The number of imidazole rings is 1. The molecule has 1 aliphatic rings. The normalized spacial score (nSPS) is 22.8. The molecule has 34 heavy (non-hydrogen) atoms. The number of benzene rings is 1. The van der Waals surface area contributed by atoms with Gasteiger partial charge in [-0.1, -0.05) is 23.7 Å². The fraction of sp³-hybridized carbons (Fsp3) is 0.522. The van der Waals surface area contributed by atoms with Crippen molar-refractivity contribution >= 4 is 28.6 Å². The van der Waals surface area contributed by atoms with Crippen molar-refractivity contribution in [3.63, 3.8) is 0 Å². The molecule has 0 bridgehead atoms. The summed E-state index contributed by atoms with van der Waals surface area (Å²) in [7, 11) is 0. The van der Waals surface area contributed by atoms with Crippen LogP contribution >= 0.6 is 11.6 Å². The number of nitrogens with zero attached hydrogens (tertiary/aromatic N) is 5. The van der Waals surface area contributed by atoms with Gasteiger partial charge in [0, 0.05) is 37.3 Å². The summed E-state index contributed by atoms with van der Waals surface area (Å²) in [6, 6.07) is 7.73. The van der Waals surface area contributed by atoms with E-state index in [1.807, 2.05) is 38.1 Å². The molecule has 1 fully saturated rings. The van der Waals surface area contributed by atoms with Gasteiger partial charge in [-0.25, -0.2) is 15.0 Å². The Morgan fingerprint density at radius 2 is 2.03 bits per heavy atom. The van der Waals surface area contributed by atoms with Gasteiger partial charge in [0.1, 0.15) is 24.6 Å². The van der Waals surface area contributed by atoms with E-state index in [0.29, 0.717) is 48.1 Å².